The highest BCUT2D eigenvalue weighted by Crippen LogP contribution is 2.20. The minimum Gasteiger partial charge on any atom is -0.772 e. The zero-order valence-corrected chi connectivity index (χ0v) is 7.66. The Hall–Kier alpha value is 0.110. The summed E-state index contributed by atoms with van der Waals surface area (Å²) >= 11 is -1.85. The fraction of sp³-hybridized carbons (Fsp3) is 1.00. The van der Waals surface area contributed by atoms with Gasteiger partial charge in [0.25, 0.3) is 0 Å². The van der Waals surface area contributed by atoms with Gasteiger partial charge in [-0.05, 0) is 18.3 Å². The molecule has 2 nitrogen and oxygen atoms in total. The van der Waals surface area contributed by atoms with Crippen LogP contribution in [0.2, 0.25) is 0 Å². The first kappa shape index (κ1) is 10.1. The highest BCUT2D eigenvalue weighted by atomic mass is 32.2. The van der Waals surface area contributed by atoms with E-state index in [2.05, 4.69) is 20.8 Å². The van der Waals surface area contributed by atoms with Crippen LogP contribution in [0.5, 0.6) is 0 Å². The van der Waals surface area contributed by atoms with Crippen LogP contribution < -0.4 is 0 Å². The highest BCUT2D eigenvalue weighted by molar-refractivity contribution is 7.79. The summed E-state index contributed by atoms with van der Waals surface area (Å²) in [4.78, 5) is 0. The van der Waals surface area contributed by atoms with Crippen LogP contribution in [0.25, 0.3) is 0 Å². The van der Waals surface area contributed by atoms with Crippen molar-refractivity contribution in [2.24, 2.45) is 5.41 Å². The van der Waals surface area contributed by atoms with Crippen LogP contribution in [0.15, 0.2) is 0 Å². The van der Waals surface area contributed by atoms with E-state index < -0.39 is 11.1 Å². The fourth-order valence-corrected chi connectivity index (χ4v) is 1.10. The van der Waals surface area contributed by atoms with Crippen molar-refractivity contribution in [3.8, 4) is 0 Å². The van der Waals surface area contributed by atoms with Crippen LogP contribution in [0, 0.1) is 5.41 Å². The summed E-state index contributed by atoms with van der Waals surface area (Å²) in [5.74, 6) is 0.303. The molecular weight excluding hydrogens is 148 g/mol. The lowest BCUT2D eigenvalue weighted by molar-refractivity contribution is 0.372. The fourth-order valence-electron chi connectivity index (χ4n) is 0.720. The van der Waals surface area contributed by atoms with Gasteiger partial charge in [0.2, 0.25) is 0 Å². The first-order valence-electron chi connectivity index (χ1n) is 3.48. The van der Waals surface area contributed by atoms with Gasteiger partial charge in [-0.15, -0.1) is 0 Å². The van der Waals surface area contributed by atoms with Crippen molar-refractivity contribution in [3.05, 3.63) is 0 Å². The molecule has 0 saturated carbocycles. The van der Waals surface area contributed by atoms with Gasteiger partial charge < -0.3 is 4.55 Å². The van der Waals surface area contributed by atoms with Gasteiger partial charge in [0.1, 0.15) is 0 Å². The second-order valence-corrected chi connectivity index (χ2v) is 4.69. The maximum atomic E-state index is 10.1. The molecule has 62 valence electrons. The molecule has 3 heteroatoms. The van der Waals surface area contributed by atoms with Crippen molar-refractivity contribution < 1.29 is 8.76 Å². The van der Waals surface area contributed by atoms with E-state index >= 15 is 0 Å². The van der Waals surface area contributed by atoms with E-state index in [0.29, 0.717) is 5.75 Å². The lowest BCUT2D eigenvalue weighted by Crippen LogP contribution is -2.07. The van der Waals surface area contributed by atoms with E-state index in [9.17, 15) is 8.76 Å². The topological polar surface area (TPSA) is 40.1 Å². The zero-order valence-electron chi connectivity index (χ0n) is 6.85. The maximum absolute atomic E-state index is 10.1. The molecule has 0 amide bonds. The first-order chi connectivity index (χ1) is 4.42. The number of hydrogen-bond donors (Lipinski definition) is 0. The van der Waals surface area contributed by atoms with E-state index in [4.69, 9.17) is 0 Å². The molecule has 1 unspecified atom stereocenters. The van der Waals surface area contributed by atoms with Gasteiger partial charge in [-0.3, -0.25) is 4.21 Å². The third-order valence-electron chi connectivity index (χ3n) is 1.24. The number of hydrogen-bond acceptors (Lipinski definition) is 2. The van der Waals surface area contributed by atoms with Crippen molar-refractivity contribution in [2.75, 3.05) is 5.75 Å². The van der Waals surface area contributed by atoms with Crippen LogP contribution >= 0.6 is 0 Å². The van der Waals surface area contributed by atoms with Crippen molar-refractivity contribution >= 4 is 11.1 Å². The molecule has 0 N–H and O–H groups in total. The Morgan fingerprint density at radius 3 is 2.20 bits per heavy atom. The summed E-state index contributed by atoms with van der Waals surface area (Å²) in [6.45, 7) is 6.34. The molecule has 0 bridgehead atoms. The third-order valence-corrected chi connectivity index (χ3v) is 1.86. The summed E-state index contributed by atoms with van der Waals surface area (Å²) in [6, 6.07) is 0. The van der Waals surface area contributed by atoms with Crippen LogP contribution in [0.3, 0.4) is 0 Å². The molecule has 0 aliphatic rings. The largest absolute Gasteiger partial charge is 0.772 e. The molecule has 0 aromatic rings. The SMILES string of the molecule is CC(C)(C)CCCS(=O)[O-]. The zero-order chi connectivity index (χ0) is 8.20. The van der Waals surface area contributed by atoms with Gasteiger partial charge >= 0.3 is 0 Å². The van der Waals surface area contributed by atoms with Crippen LogP contribution in [0.4, 0.5) is 0 Å². The van der Waals surface area contributed by atoms with Gasteiger partial charge in [0.15, 0.2) is 0 Å². The second kappa shape index (κ2) is 4.09. The summed E-state index contributed by atoms with van der Waals surface area (Å²) in [5.41, 5.74) is 0.263. The smallest absolute Gasteiger partial charge is 0.0102 e. The molecular formula is C7H15O2S-. The summed E-state index contributed by atoms with van der Waals surface area (Å²) in [7, 11) is 0. The Balaban J connectivity index is 3.29. The lowest BCUT2D eigenvalue weighted by atomic mass is 9.91. The monoisotopic (exact) mass is 163 g/mol. The van der Waals surface area contributed by atoms with E-state index in [1.54, 1.807) is 0 Å². The van der Waals surface area contributed by atoms with Crippen LogP contribution in [0.1, 0.15) is 33.6 Å². The normalized spacial score (nSPS) is 15.2. The molecule has 1 atom stereocenters. The molecule has 0 aromatic carbocycles. The Kier molecular flexibility index (Phi) is 4.13. The molecule has 0 saturated heterocycles. The third kappa shape index (κ3) is 8.11. The van der Waals surface area contributed by atoms with Gasteiger partial charge in [0, 0.05) is 5.75 Å². The summed E-state index contributed by atoms with van der Waals surface area (Å²) in [5, 5.41) is 0. The number of rotatable bonds is 3. The first-order valence-corrected chi connectivity index (χ1v) is 4.72. The molecule has 0 fully saturated rings. The minimum atomic E-state index is -1.85. The highest BCUT2D eigenvalue weighted by Gasteiger charge is 2.08. The van der Waals surface area contributed by atoms with Crippen molar-refractivity contribution in [2.45, 2.75) is 33.6 Å². The Morgan fingerprint density at radius 2 is 1.90 bits per heavy atom. The minimum absolute atomic E-state index is 0.263. The lowest BCUT2D eigenvalue weighted by Gasteiger charge is -2.17. The van der Waals surface area contributed by atoms with E-state index in [1.807, 2.05) is 0 Å². The molecule has 0 aliphatic carbocycles. The Labute approximate surface area is 65.3 Å². The standard InChI is InChI=1S/C7H16O2S/c1-7(2,3)5-4-6-10(8)9/h4-6H2,1-3H3,(H,8,9)/p-1. The second-order valence-electron chi connectivity index (χ2n) is 3.67. The Morgan fingerprint density at radius 1 is 1.40 bits per heavy atom. The Bertz CT molecular complexity index is 115. The van der Waals surface area contributed by atoms with Gasteiger partial charge in [-0.25, -0.2) is 0 Å². The van der Waals surface area contributed by atoms with E-state index in [1.165, 1.54) is 0 Å². The molecule has 0 rings (SSSR count). The summed E-state index contributed by atoms with van der Waals surface area (Å²) < 4.78 is 20.2. The molecule has 0 radical (unpaired) electrons. The van der Waals surface area contributed by atoms with Gasteiger partial charge in [-0.1, -0.05) is 31.9 Å². The average Bonchev–Trinajstić information content (AvgIpc) is 1.59. The van der Waals surface area contributed by atoms with Gasteiger partial charge in [-0.2, -0.15) is 0 Å². The van der Waals surface area contributed by atoms with Crippen LogP contribution in [-0.4, -0.2) is 14.5 Å². The maximum Gasteiger partial charge on any atom is 0.0102 e. The average molecular weight is 163 g/mol. The predicted octanol–water partition coefficient (Wildman–Crippen LogP) is 1.69. The quantitative estimate of drug-likeness (QED) is 0.594. The molecule has 0 aromatic heterocycles. The summed E-state index contributed by atoms with van der Waals surface area (Å²) in [6.07, 6.45) is 1.75. The van der Waals surface area contributed by atoms with E-state index in [0.717, 1.165) is 12.8 Å². The van der Waals surface area contributed by atoms with Crippen LogP contribution in [-0.2, 0) is 11.1 Å². The predicted molar refractivity (Wildman–Crippen MR) is 42.5 cm³/mol. The molecule has 0 spiro atoms. The van der Waals surface area contributed by atoms with Crippen molar-refractivity contribution in [1.29, 1.82) is 0 Å². The van der Waals surface area contributed by atoms with E-state index in [-0.39, 0.29) is 5.41 Å². The van der Waals surface area contributed by atoms with Crippen molar-refractivity contribution in [3.63, 3.8) is 0 Å². The molecule has 10 heavy (non-hydrogen) atoms. The van der Waals surface area contributed by atoms with Crippen molar-refractivity contribution in [1.82, 2.24) is 0 Å². The molecule has 0 heterocycles. The molecule has 0 aliphatic heterocycles. The van der Waals surface area contributed by atoms with Gasteiger partial charge in [0.05, 0.1) is 0 Å².